The van der Waals surface area contributed by atoms with Gasteiger partial charge < -0.3 is 10.2 Å². The summed E-state index contributed by atoms with van der Waals surface area (Å²) in [4.78, 5) is 28.7. The third-order valence-electron chi connectivity index (χ3n) is 5.99. The molecule has 5 rings (SSSR count). The lowest BCUT2D eigenvalue weighted by atomic mass is 9.83. The Kier molecular flexibility index (Phi) is 4.12. The van der Waals surface area contributed by atoms with E-state index in [0.717, 1.165) is 5.56 Å². The normalized spacial score (nSPS) is 26.8. The van der Waals surface area contributed by atoms with Gasteiger partial charge in [-0.25, -0.2) is 8.60 Å². The summed E-state index contributed by atoms with van der Waals surface area (Å²) in [6.45, 7) is 0.608. The highest BCUT2D eigenvalue weighted by molar-refractivity contribution is 7.99. The summed E-state index contributed by atoms with van der Waals surface area (Å²) in [7, 11) is -3.02. The minimum atomic E-state index is -3.02. The van der Waals surface area contributed by atoms with Crippen molar-refractivity contribution >= 4 is 38.8 Å². The fourth-order valence-corrected chi connectivity index (χ4v) is 5.53. The van der Waals surface area contributed by atoms with Crippen molar-refractivity contribution in [2.45, 2.75) is 24.3 Å². The van der Waals surface area contributed by atoms with Crippen molar-refractivity contribution in [3.8, 4) is 0 Å². The molecular formula is C22H20FN3O3S. The number of para-hydroxylation sites is 1. The highest BCUT2D eigenvalue weighted by atomic mass is 32.2. The molecule has 6 nitrogen and oxygen atoms in total. The van der Waals surface area contributed by atoms with Crippen LogP contribution in [0.4, 0.5) is 10.1 Å². The van der Waals surface area contributed by atoms with Gasteiger partial charge in [-0.15, -0.1) is 0 Å². The Bertz CT molecular complexity index is 1200. The number of hydrogen-bond acceptors (Lipinski definition) is 4. The second-order valence-electron chi connectivity index (χ2n) is 8.14. The van der Waals surface area contributed by atoms with Crippen LogP contribution in [0.2, 0.25) is 0 Å². The third-order valence-corrected chi connectivity index (χ3v) is 7.52. The number of benzene rings is 2. The number of rotatable bonds is 3. The molecule has 0 aromatic heterocycles. The van der Waals surface area contributed by atoms with E-state index in [-0.39, 0.29) is 29.9 Å². The van der Waals surface area contributed by atoms with Crippen molar-refractivity contribution in [1.82, 2.24) is 4.90 Å². The summed E-state index contributed by atoms with van der Waals surface area (Å²) < 4.78 is 30.5. The molecule has 0 bridgehead atoms. The van der Waals surface area contributed by atoms with Crippen LogP contribution in [0.1, 0.15) is 18.4 Å². The van der Waals surface area contributed by atoms with Gasteiger partial charge in [0, 0.05) is 18.5 Å². The summed E-state index contributed by atoms with van der Waals surface area (Å²) >= 11 is 0. The maximum atomic E-state index is 13.3. The molecule has 154 valence electrons. The average Bonchev–Trinajstić information content (AvgIpc) is 3.48. The Hall–Kier alpha value is -3.00. The first-order chi connectivity index (χ1) is 14.3. The molecule has 2 unspecified atom stereocenters. The number of halogens is 1. The third kappa shape index (κ3) is 3.02. The van der Waals surface area contributed by atoms with E-state index in [4.69, 9.17) is 0 Å². The molecule has 2 aromatic rings. The van der Waals surface area contributed by atoms with E-state index < -0.39 is 21.0 Å². The van der Waals surface area contributed by atoms with Crippen LogP contribution in [-0.4, -0.2) is 39.1 Å². The van der Waals surface area contributed by atoms with E-state index in [0.29, 0.717) is 30.0 Å². The van der Waals surface area contributed by atoms with Gasteiger partial charge in [-0.1, -0.05) is 24.3 Å². The quantitative estimate of drug-likeness (QED) is 0.606. The summed E-state index contributed by atoms with van der Waals surface area (Å²) in [5.74, 6) is 1.79. The lowest BCUT2D eigenvalue weighted by molar-refractivity contribution is -0.147. The van der Waals surface area contributed by atoms with Crippen LogP contribution in [0.5, 0.6) is 0 Å². The zero-order valence-electron chi connectivity index (χ0n) is 16.1. The van der Waals surface area contributed by atoms with Crippen LogP contribution < -0.4 is 5.32 Å². The largest absolute Gasteiger partial charge is 0.341 e. The van der Waals surface area contributed by atoms with Gasteiger partial charge in [0.2, 0.25) is 5.91 Å². The van der Waals surface area contributed by atoms with Gasteiger partial charge in [-0.05, 0) is 48.5 Å². The first-order valence-electron chi connectivity index (χ1n) is 9.70. The molecule has 2 aromatic carbocycles. The van der Waals surface area contributed by atoms with Crippen LogP contribution in [0, 0.1) is 17.2 Å². The Morgan fingerprint density at radius 1 is 1.17 bits per heavy atom. The van der Waals surface area contributed by atoms with Crippen molar-refractivity contribution in [2.75, 3.05) is 11.9 Å². The Labute approximate surface area is 173 Å². The van der Waals surface area contributed by atoms with Gasteiger partial charge in [0.05, 0.1) is 20.3 Å². The predicted octanol–water partition coefficient (Wildman–Crippen LogP) is 2.65. The molecule has 1 saturated heterocycles. The summed E-state index contributed by atoms with van der Waals surface area (Å²) in [6.07, 6.45) is 1.41. The maximum Gasteiger partial charge on any atom is 0.241 e. The molecule has 1 amide bonds. The number of hydrogen-bond donors (Lipinski definition) is 1. The van der Waals surface area contributed by atoms with Crippen molar-refractivity contribution < 1.29 is 18.2 Å². The molecule has 3 aliphatic rings. The number of carbonyl (C=O) groups excluding carboxylic acids is 2. The lowest BCUT2D eigenvalue weighted by Gasteiger charge is -2.38. The fraction of sp³-hybridized carbons (Fsp3) is 0.273. The molecule has 0 radical (unpaired) electrons. The van der Waals surface area contributed by atoms with Crippen molar-refractivity contribution in [3.05, 3.63) is 59.9 Å². The predicted molar refractivity (Wildman–Crippen MR) is 113 cm³/mol. The molecule has 2 heterocycles. The molecular weight excluding hydrogens is 405 g/mol. The second-order valence-corrected chi connectivity index (χ2v) is 10.0. The zero-order chi connectivity index (χ0) is 21.1. The average molecular weight is 425 g/mol. The van der Waals surface area contributed by atoms with Crippen LogP contribution >= 0.6 is 0 Å². The molecule has 1 saturated carbocycles. The molecule has 2 atom stereocenters. The van der Waals surface area contributed by atoms with E-state index in [2.05, 4.69) is 15.6 Å². The number of likely N-dealkylation sites (tertiary alicyclic amines) is 1. The molecule has 30 heavy (non-hydrogen) atoms. The SMILES string of the molecule is C=S1(=O)N=C(C2C(=O)N(Cc3ccc(F)cc3)CC3(CC3)C2=O)Nc2ccccc21. The summed E-state index contributed by atoms with van der Waals surface area (Å²) in [6, 6.07) is 12.9. The van der Waals surface area contributed by atoms with Gasteiger partial charge in [0.15, 0.2) is 11.7 Å². The monoisotopic (exact) mass is 425 g/mol. The number of amides is 1. The smallest absolute Gasteiger partial charge is 0.241 e. The van der Waals surface area contributed by atoms with E-state index in [9.17, 15) is 18.2 Å². The number of Topliss-reactive ketones (excluding diaryl/α,β-unsaturated/α-hetero) is 1. The van der Waals surface area contributed by atoms with Crippen LogP contribution in [0.15, 0.2) is 57.8 Å². The zero-order valence-corrected chi connectivity index (χ0v) is 17.0. The molecule has 1 spiro atoms. The highest BCUT2D eigenvalue weighted by Gasteiger charge is 2.60. The van der Waals surface area contributed by atoms with E-state index in [1.807, 2.05) is 0 Å². The fourth-order valence-electron chi connectivity index (χ4n) is 4.20. The van der Waals surface area contributed by atoms with Crippen LogP contribution in [-0.2, 0) is 25.8 Å². The molecule has 1 aliphatic carbocycles. The van der Waals surface area contributed by atoms with E-state index >= 15 is 0 Å². The number of fused-ring (bicyclic) bond motifs is 1. The summed E-state index contributed by atoms with van der Waals surface area (Å²) in [5, 5.41) is 3.05. The highest BCUT2D eigenvalue weighted by Crippen LogP contribution is 2.52. The van der Waals surface area contributed by atoms with Crippen LogP contribution in [0.25, 0.3) is 0 Å². The first kappa shape index (κ1) is 19.0. The Morgan fingerprint density at radius 2 is 1.87 bits per heavy atom. The number of carbonyl (C=O) groups is 2. The molecule has 2 fully saturated rings. The van der Waals surface area contributed by atoms with Crippen molar-refractivity contribution in [2.24, 2.45) is 15.7 Å². The standard InChI is InChI=1S/C22H20FN3O3S/c1-30(29)17-5-3-2-4-16(17)24-20(25-30)18-19(27)22(10-11-22)13-26(21(18)28)12-14-6-8-15(23)9-7-14/h2-9,18H,1,10-13H2,(H,24,25,29). The molecule has 8 heteroatoms. The number of ketones is 1. The second kappa shape index (κ2) is 6.50. The summed E-state index contributed by atoms with van der Waals surface area (Å²) in [5.41, 5.74) is 0.740. The van der Waals surface area contributed by atoms with Gasteiger partial charge in [-0.3, -0.25) is 9.59 Å². The maximum absolute atomic E-state index is 13.3. The van der Waals surface area contributed by atoms with Gasteiger partial charge in [0.1, 0.15) is 11.7 Å². The number of anilines is 1. The minimum absolute atomic E-state index is 0.0961. The molecule has 1 N–H and O–H groups in total. The van der Waals surface area contributed by atoms with E-state index in [1.165, 1.54) is 12.1 Å². The minimum Gasteiger partial charge on any atom is -0.341 e. The lowest BCUT2D eigenvalue weighted by Crippen LogP contribution is -2.55. The van der Waals surface area contributed by atoms with Gasteiger partial charge in [0.25, 0.3) is 0 Å². The molecule has 2 aliphatic heterocycles. The number of piperidine rings is 1. The first-order valence-corrected chi connectivity index (χ1v) is 11.4. The van der Waals surface area contributed by atoms with Gasteiger partial charge >= 0.3 is 0 Å². The Morgan fingerprint density at radius 3 is 2.57 bits per heavy atom. The van der Waals surface area contributed by atoms with E-state index in [1.54, 1.807) is 41.3 Å². The van der Waals surface area contributed by atoms with Crippen LogP contribution in [0.3, 0.4) is 0 Å². The number of nitrogens with zero attached hydrogens (tertiary/aromatic N) is 2. The Balaban J connectivity index is 1.51. The van der Waals surface area contributed by atoms with Crippen molar-refractivity contribution in [1.29, 1.82) is 0 Å². The number of nitrogens with one attached hydrogen (secondary N) is 1. The van der Waals surface area contributed by atoms with Crippen molar-refractivity contribution in [3.63, 3.8) is 0 Å². The van der Waals surface area contributed by atoms with Gasteiger partial charge in [-0.2, -0.15) is 4.40 Å². The number of amidine groups is 1. The topological polar surface area (TPSA) is 78.8 Å².